The van der Waals surface area contributed by atoms with E-state index in [1.165, 1.54) is 4.90 Å². The lowest BCUT2D eigenvalue weighted by atomic mass is 10.1. The zero-order valence-electron chi connectivity index (χ0n) is 10.4. The predicted octanol–water partition coefficient (Wildman–Crippen LogP) is 1.88. The van der Waals surface area contributed by atoms with Crippen molar-refractivity contribution in [2.75, 3.05) is 11.4 Å². The van der Waals surface area contributed by atoms with Crippen molar-refractivity contribution in [3.8, 4) is 0 Å². The Kier molecular flexibility index (Phi) is 2.89. The van der Waals surface area contributed by atoms with Crippen molar-refractivity contribution in [3.63, 3.8) is 0 Å². The van der Waals surface area contributed by atoms with Gasteiger partial charge in [0.15, 0.2) is 0 Å². The number of carbonyl (C=O) groups is 1. The number of nitrogens with zero attached hydrogens (tertiary/aromatic N) is 3. The van der Waals surface area contributed by atoms with Gasteiger partial charge in [0.1, 0.15) is 23.1 Å². The molecule has 0 atom stereocenters. The van der Waals surface area contributed by atoms with Crippen molar-refractivity contribution < 1.29 is 18.7 Å². The van der Waals surface area contributed by atoms with E-state index >= 15 is 0 Å². The Morgan fingerprint density at radius 2 is 1.95 bits per heavy atom. The highest BCUT2D eigenvalue weighted by atomic mass is 19.1. The molecule has 0 bridgehead atoms. The fourth-order valence-corrected chi connectivity index (χ4v) is 2.36. The van der Waals surface area contributed by atoms with E-state index in [0.29, 0.717) is 13.1 Å². The van der Waals surface area contributed by atoms with E-state index < -0.39 is 23.2 Å². The molecule has 0 fully saturated rings. The zero-order valence-corrected chi connectivity index (χ0v) is 10.4. The maximum atomic E-state index is 14.0. The topological polar surface area (TPSA) is 58.4 Å². The SMILES string of the molecule is O=C(O)c1cc(F)c(N2CCn3ccnc3C2)c(F)c1. The molecular weight excluding hydrogens is 268 g/mol. The Morgan fingerprint density at radius 3 is 2.60 bits per heavy atom. The Morgan fingerprint density at radius 1 is 1.25 bits per heavy atom. The van der Waals surface area contributed by atoms with Crippen LogP contribution in [0.2, 0.25) is 0 Å². The summed E-state index contributed by atoms with van der Waals surface area (Å²) in [4.78, 5) is 16.4. The van der Waals surface area contributed by atoms with Crippen molar-refractivity contribution in [2.24, 2.45) is 0 Å². The second-order valence-corrected chi connectivity index (χ2v) is 4.55. The molecule has 0 radical (unpaired) electrons. The first kappa shape index (κ1) is 12.6. The number of carboxylic acids is 1. The number of anilines is 1. The van der Waals surface area contributed by atoms with Crippen LogP contribution in [0.25, 0.3) is 0 Å². The lowest BCUT2D eigenvalue weighted by Gasteiger charge is -2.30. The van der Waals surface area contributed by atoms with Crippen LogP contribution in [0.3, 0.4) is 0 Å². The molecule has 1 aliphatic rings. The maximum absolute atomic E-state index is 14.0. The normalized spacial score (nSPS) is 14.2. The molecule has 7 heteroatoms. The van der Waals surface area contributed by atoms with Crippen LogP contribution in [0, 0.1) is 11.6 Å². The smallest absolute Gasteiger partial charge is 0.335 e. The van der Waals surface area contributed by atoms with Gasteiger partial charge in [-0.1, -0.05) is 0 Å². The lowest BCUT2D eigenvalue weighted by molar-refractivity contribution is 0.0695. The molecule has 3 rings (SSSR count). The molecule has 5 nitrogen and oxygen atoms in total. The summed E-state index contributed by atoms with van der Waals surface area (Å²) in [6.45, 7) is 1.30. The number of aromatic nitrogens is 2. The van der Waals surface area contributed by atoms with E-state index in [1.807, 2.05) is 10.8 Å². The fourth-order valence-electron chi connectivity index (χ4n) is 2.36. The third-order valence-corrected chi connectivity index (χ3v) is 3.32. The highest BCUT2D eigenvalue weighted by Gasteiger charge is 2.24. The molecule has 2 aromatic rings. The van der Waals surface area contributed by atoms with Gasteiger partial charge in [-0.05, 0) is 12.1 Å². The standard InChI is InChI=1S/C13H11F2N3O2/c14-9-5-8(13(19)20)6-10(15)12(9)18-4-3-17-2-1-16-11(17)7-18/h1-2,5-6H,3-4,7H2,(H,19,20). The molecule has 20 heavy (non-hydrogen) atoms. The molecule has 2 heterocycles. The number of aromatic carboxylic acids is 1. The Labute approximate surface area is 113 Å². The summed E-state index contributed by atoms with van der Waals surface area (Å²) in [6.07, 6.45) is 3.45. The van der Waals surface area contributed by atoms with Crippen LogP contribution < -0.4 is 4.90 Å². The minimum absolute atomic E-state index is 0.204. The average molecular weight is 279 g/mol. The molecule has 0 aliphatic carbocycles. The van der Waals surface area contributed by atoms with Crippen LogP contribution in [0.1, 0.15) is 16.2 Å². The second kappa shape index (κ2) is 4.59. The first-order valence-electron chi connectivity index (χ1n) is 6.03. The first-order valence-corrected chi connectivity index (χ1v) is 6.03. The van der Waals surface area contributed by atoms with E-state index in [4.69, 9.17) is 5.11 Å². The fraction of sp³-hybridized carbons (Fsp3) is 0.231. The van der Waals surface area contributed by atoms with Crippen molar-refractivity contribution in [1.82, 2.24) is 9.55 Å². The summed E-state index contributed by atoms with van der Waals surface area (Å²) in [5.41, 5.74) is -0.605. The van der Waals surface area contributed by atoms with Crippen molar-refractivity contribution >= 4 is 11.7 Å². The monoisotopic (exact) mass is 279 g/mol. The number of carboxylic acid groups (broad SMARTS) is 1. The van der Waals surface area contributed by atoms with Gasteiger partial charge in [-0.3, -0.25) is 0 Å². The quantitative estimate of drug-likeness (QED) is 0.912. The molecule has 0 saturated heterocycles. The van der Waals surface area contributed by atoms with E-state index in [0.717, 1.165) is 18.0 Å². The van der Waals surface area contributed by atoms with Crippen LogP contribution in [-0.2, 0) is 13.1 Å². The van der Waals surface area contributed by atoms with Crippen LogP contribution in [0.15, 0.2) is 24.5 Å². The number of benzene rings is 1. The van der Waals surface area contributed by atoms with Crippen LogP contribution >= 0.6 is 0 Å². The van der Waals surface area contributed by atoms with Crippen LogP contribution in [-0.4, -0.2) is 27.2 Å². The van der Waals surface area contributed by atoms with Crippen LogP contribution in [0.5, 0.6) is 0 Å². The predicted molar refractivity (Wildman–Crippen MR) is 66.6 cm³/mol. The van der Waals surface area contributed by atoms with Crippen molar-refractivity contribution in [1.29, 1.82) is 0 Å². The van der Waals surface area contributed by atoms with Gasteiger partial charge < -0.3 is 14.6 Å². The number of hydrogen-bond acceptors (Lipinski definition) is 3. The van der Waals surface area contributed by atoms with Gasteiger partial charge in [0, 0.05) is 25.5 Å². The Hall–Kier alpha value is -2.44. The molecule has 1 aliphatic heterocycles. The number of fused-ring (bicyclic) bond motifs is 1. The number of imidazole rings is 1. The summed E-state index contributed by atoms with van der Waals surface area (Å²) in [5.74, 6) is -2.38. The third-order valence-electron chi connectivity index (χ3n) is 3.32. The minimum atomic E-state index is -1.36. The molecule has 104 valence electrons. The number of rotatable bonds is 2. The number of hydrogen-bond donors (Lipinski definition) is 1. The lowest BCUT2D eigenvalue weighted by Crippen LogP contribution is -2.34. The Bertz CT molecular complexity index is 661. The van der Waals surface area contributed by atoms with Gasteiger partial charge in [-0.25, -0.2) is 18.6 Å². The van der Waals surface area contributed by atoms with Gasteiger partial charge in [0.25, 0.3) is 0 Å². The van der Waals surface area contributed by atoms with E-state index in [1.54, 1.807) is 6.20 Å². The second-order valence-electron chi connectivity index (χ2n) is 4.55. The molecule has 0 amide bonds. The van der Waals surface area contributed by atoms with E-state index in [9.17, 15) is 13.6 Å². The summed E-state index contributed by atoms with van der Waals surface area (Å²) in [6, 6.07) is 1.67. The average Bonchev–Trinajstić information content (AvgIpc) is 2.85. The summed E-state index contributed by atoms with van der Waals surface area (Å²) >= 11 is 0. The summed E-state index contributed by atoms with van der Waals surface area (Å²) in [7, 11) is 0. The molecular formula is C13H11F2N3O2. The molecule has 0 saturated carbocycles. The molecule has 1 aromatic heterocycles. The molecule has 1 aromatic carbocycles. The van der Waals surface area contributed by atoms with E-state index in [-0.39, 0.29) is 12.2 Å². The molecule has 0 spiro atoms. The van der Waals surface area contributed by atoms with E-state index in [2.05, 4.69) is 4.98 Å². The number of halogens is 2. The highest BCUT2D eigenvalue weighted by molar-refractivity contribution is 5.88. The summed E-state index contributed by atoms with van der Waals surface area (Å²) in [5, 5.41) is 8.78. The molecule has 1 N–H and O–H groups in total. The van der Waals surface area contributed by atoms with Crippen molar-refractivity contribution in [3.05, 3.63) is 47.5 Å². The molecule has 0 unspecified atom stereocenters. The maximum Gasteiger partial charge on any atom is 0.335 e. The van der Waals surface area contributed by atoms with Gasteiger partial charge in [-0.15, -0.1) is 0 Å². The zero-order chi connectivity index (χ0) is 14.3. The van der Waals surface area contributed by atoms with Crippen LogP contribution in [0.4, 0.5) is 14.5 Å². The van der Waals surface area contributed by atoms with Gasteiger partial charge in [0.05, 0.1) is 12.1 Å². The summed E-state index contributed by atoms with van der Waals surface area (Å²) < 4.78 is 29.9. The van der Waals surface area contributed by atoms with Gasteiger partial charge >= 0.3 is 5.97 Å². The third kappa shape index (κ3) is 2.01. The highest BCUT2D eigenvalue weighted by Crippen LogP contribution is 2.28. The Balaban J connectivity index is 1.97. The minimum Gasteiger partial charge on any atom is -0.478 e. The van der Waals surface area contributed by atoms with Gasteiger partial charge in [-0.2, -0.15) is 0 Å². The van der Waals surface area contributed by atoms with Gasteiger partial charge in [0.2, 0.25) is 0 Å². The largest absolute Gasteiger partial charge is 0.478 e. The van der Waals surface area contributed by atoms with Crippen molar-refractivity contribution in [2.45, 2.75) is 13.1 Å². The first-order chi connectivity index (χ1) is 9.56.